The fraction of sp³-hybridized carbons (Fsp3) is 0. The molecule has 0 spiro atoms. The van der Waals surface area contributed by atoms with Crippen LogP contribution in [-0.4, -0.2) is 14.1 Å². The summed E-state index contributed by atoms with van der Waals surface area (Å²) in [6.07, 6.45) is 0. The first-order valence-corrected chi connectivity index (χ1v) is 20.0. The van der Waals surface area contributed by atoms with Crippen molar-refractivity contribution in [2.45, 2.75) is 0 Å². The third kappa shape index (κ3) is 4.41. The SMILES string of the molecule is c1ccc(-n2c3ccccc3c3cc(-c4ccc5c(ccc6c7ccccc7n(-c7cccc(-c8cc9cccc%10c9c(n8)-c8ccccc8-%10)c7)c56)c4)ccc32)cc1. The molecular formula is C55H33N3. The lowest BCUT2D eigenvalue weighted by Crippen LogP contribution is -1.96. The monoisotopic (exact) mass is 735 g/mol. The molecule has 3 heteroatoms. The van der Waals surface area contributed by atoms with Crippen LogP contribution in [-0.2, 0) is 0 Å². The van der Waals surface area contributed by atoms with E-state index in [1.54, 1.807) is 0 Å². The fourth-order valence-corrected chi connectivity index (χ4v) is 9.85. The standard InChI is InChI=1S/C55H33N3/c1-2-14-39(15-3-1)57-50-22-8-7-19-44(50)48-32-35(26-29-52(48)57)34-24-27-41-36(30-34)25-28-47-43-18-6-9-23-51(43)58(55(41)47)40-16-10-12-37(31-40)49-33-38-13-11-21-45-42-17-4-5-20-46(42)54(56-49)53(38)45/h1-33H. The second-order valence-electron chi connectivity index (χ2n) is 15.5. The third-order valence-corrected chi connectivity index (χ3v) is 12.4. The van der Waals surface area contributed by atoms with Gasteiger partial charge in [-0.3, -0.25) is 0 Å². The summed E-state index contributed by atoms with van der Waals surface area (Å²) in [5.74, 6) is 0. The van der Waals surface area contributed by atoms with E-state index in [0.717, 1.165) is 22.6 Å². The first-order chi connectivity index (χ1) is 28.8. The van der Waals surface area contributed by atoms with Gasteiger partial charge in [-0.2, -0.15) is 0 Å². The molecule has 1 aliphatic rings. The van der Waals surface area contributed by atoms with E-state index in [1.807, 2.05) is 0 Å². The van der Waals surface area contributed by atoms with E-state index in [4.69, 9.17) is 4.98 Å². The van der Waals surface area contributed by atoms with Crippen molar-refractivity contribution in [1.29, 1.82) is 0 Å². The lowest BCUT2D eigenvalue weighted by atomic mass is 9.98. The number of rotatable bonds is 4. The number of hydrogen-bond acceptors (Lipinski definition) is 1. The van der Waals surface area contributed by atoms with Crippen LogP contribution in [0.5, 0.6) is 0 Å². The van der Waals surface area contributed by atoms with Crippen molar-refractivity contribution in [3.8, 4) is 56.1 Å². The van der Waals surface area contributed by atoms with Gasteiger partial charge in [-0.05, 0) is 93.7 Å². The van der Waals surface area contributed by atoms with Crippen molar-refractivity contribution in [3.05, 3.63) is 200 Å². The highest BCUT2D eigenvalue weighted by molar-refractivity contribution is 6.19. The number of nitrogens with zero attached hydrogens (tertiary/aromatic N) is 3. The maximum absolute atomic E-state index is 5.36. The van der Waals surface area contributed by atoms with Gasteiger partial charge in [0.2, 0.25) is 0 Å². The van der Waals surface area contributed by atoms with Crippen LogP contribution in [0.1, 0.15) is 0 Å². The molecule has 12 aromatic rings. The maximum Gasteiger partial charge on any atom is 0.0800 e. The van der Waals surface area contributed by atoms with Gasteiger partial charge in [0.1, 0.15) is 0 Å². The zero-order chi connectivity index (χ0) is 37.9. The van der Waals surface area contributed by atoms with Crippen LogP contribution in [0, 0.1) is 0 Å². The van der Waals surface area contributed by atoms with Gasteiger partial charge in [0.25, 0.3) is 0 Å². The molecule has 9 aromatic carbocycles. The molecule has 3 nitrogen and oxygen atoms in total. The number of pyridine rings is 1. The summed E-state index contributed by atoms with van der Waals surface area (Å²) in [6, 6.07) is 73.1. The van der Waals surface area contributed by atoms with Crippen LogP contribution >= 0.6 is 0 Å². The quantitative estimate of drug-likeness (QED) is 0.176. The molecule has 0 bridgehead atoms. The highest BCUT2D eigenvalue weighted by atomic mass is 15.0. The summed E-state index contributed by atoms with van der Waals surface area (Å²) in [6.45, 7) is 0. The Morgan fingerprint density at radius 1 is 0.328 bits per heavy atom. The molecule has 58 heavy (non-hydrogen) atoms. The Labute approximate surface area is 334 Å². The second kappa shape index (κ2) is 11.9. The van der Waals surface area contributed by atoms with Crippen LogP contribution < -0.4 is 0 Å². The first kappa shape index (κ1) is 31.5. The van der Waals surface area contributed by atoms with E-state index in [-0.39, 0.29) is 0 Å². The van der Waals surface area contributed by atoms with Crippen molar-refractivity contribution in [3.63, 3.8) is 0 Å². The average Bonchev–Trinajstić information content (AvgIpc) is 3.93. The smallest absolute Gasteiger partial charge is 0.0800 e. The molecule has 0 saturated heterocycles. The maximum atomic E-state index is 5.36. The summed E-state index contributed by atoms with van der Waals surface area (Å²) in [7, 11) is 0. The lowest BCUT2D eigenvalue weighted by Gasteiger charge is -2.13. The minimum Gasteiger partial charge on any atom is -0.309 e. The predicted molar refractivity (Wildman–Crippen MR) is 243 cm³/mol. The van der Waals surface area contributed by atoms with Gasteiger partial charge >= 0.3 is 0 Å². The van der Waals surface area contributed by atoms with Gasteiger partial charge in [-0.1, -0.05) is 140 Å². The molecule has 0 saturated carbocycles. The molecule has 0 atom stereocenters. The molecule has 1 aliphatic carbocycles. The Bertz CT molecular complexity index is 3680. The van der Waals surface area contributed by atoms with Crippen LogP contribution in [0.3, 0.4) is 0 Å². The van der Waals surface area contributed by atoms with E-state index >= 15 is 0 Å². The first-order valence-electron chi connectivity index (χ1n) is 20.0. The molecule has 268 valence electrons. The highest BCUT2D eigenvalue weighted by Gasteiger charge is 2.24. The fourth-order valence-electron chi connectivity index (χ4n) is 9.85. The Morgan fingerprint density at radius 2 is 0.983 bits per heavy atom. The van der Waals surface area contributed by atoms with Crippen molar-refractivity contribution in [2.75, 3.05) is 0 Å². The van der Waals surface area contributed by atoms with Crippen molar-refractivity contribution < 1.29 is 0 Å². The Kier molecular flexibility index (Phi) is 6.44. The molecule has 0 amide bonds. The van der Waals surface area contributed by atoms with Crippen molar-refractivity contribution >= 4 is 65.2 Å². The molecule has 0 radical (unpaired) electrons. The Hall–Kier alpha value is -7.75. The Balaban J connectivity index is 0.975. The average molecular weight is 736 g/mol. The van der Waals surface area contributed by atoms with Crippen LogP contribution in [0.15, 0.2) is 200 Å². The van der Waals surface area contributed by atoms with Crippen molar-refractivity contribution in [2.24, 2.45) is 0 Å². The van der Waals surface area contributed by atoms with E-state index in [1.165, 1.54) is 98.7 Å². The van der Waals surface area contributed by atoms with E-state index in [9.17, 15) is 0 Å². The summed E-state index contributed by atoms with van der Waals surface area (Å²) >= 11 is 0. The second-order valence-corrected chi connectivity index (χ2v) is 15.5. The zero-order valence-electron chi connectivity index (χ0n) is 31.4. The minimum absolute atomic E-state index is 0.984. The molecule has 3 aromatic heterocycles. The van der Waals surface area contributed by atoms with Gasteiger partial charge < -0.3 is 9.13 Å². The summed E-state index contributed by atoms with van der Waals surface area (Å²) < 4.78 is 4.83. The molecule has 0 N–H and O–H groups in total. The number of hydrogen-bond donors (Lipinski definition) is 0. The van der Waals surface area contributed by atoms with Gasteiger partial charge in [0, 0.05) is 54.8 Å². The lowest BCUT2D eigenvalue weighted by molar-refractivity contribution is 1.18. The van der Waals surface area contributed by atoms with E-state index in [0.29, 0.717) is 0 Å². The molecule has 3 heterocycles. The van der Waals surface area contributed by atoms with Crippen LogP contribution in [0.4, 0.5) is 0 Å². The van der Waals surface area contributed by atoms with Gasteiger partial charge in [0.05, 0.1) is 33.5 Å². The molecule has 0 fully saturated rings. The van der Waals surface area contributed by atoms with Gasteiger partial charge in [0.15, 0.2) is 0 Å². The topological polar surface area (TPSA) is 22.8 Å². The highest BCUT2D eigenvalue weighted by Crippen LogP contribution is 2.47. The van der Waals surface area contributed by atoms with Gasteiger partial charge in [-0.15, -0.1) is 0 Å². The number of aromatic nitrogens is 3. The predicted octanol–water partition coefficient (Wildman–Crippen LogP) is 14.6. The number of benzene rings is 9. The summed E-state index contributed by atoms with van der Waals surface area (Å²) in [4.78, 5) is 5.36. The van der Waals surface area contributed by atoms with E-state index < -0.39 is 0 Å². The summed E-state index contributed by atoms with van der Waals surface area (Å²) in [5, 5.41) is 9.92. The zero-order valence-corrected chi connectivity index (χ0v) is 31.4. The minimum atomic E-state index is 0.984. The van der Waals surface area contributed by atoms with Crippen LogP contribution in [0.25, 0.3) is 121 Å². The number of fused-ring (bicyclic) bond motifs is 11. The third-order valence-electron chi connectivity index (χ3n) is 12.4. The normalized spacial score (nSPS) is 12.1. The largest absolute Gasteiger partial charge is 0.309 e. The Morgan fingerprint density at radius 3 is 1.86 bits per heavy atom. The van der Waals surface area contributed by atoms with Gasteiger partial charge in [-0.25, -0.2) is 4.98 Å². The molecule has 0 unspecified atom stereocenters. The number of para-hydroxylation sites is 3. The molecule has 0 aliphatic heterocycles. The van der Waals surface area contributed by atoms with E-state index in [2.05, 4.69) is 209 Å². The van der Waals surface area contributed by atoms with Crippen LogP contribution in [0.2, 0.25) is 0 Å². The van der Waals surface area contributed by atoms with Crippen molar-refractivity contribution in [1.82, 2.24) is 14.1 Å². The summed E-state index contributed by atoms with van der Waals surface area (Å²) in [5.41, 5.74) is 16.4. The molecular weight excluding hydrogens is 703 g/mol. The molecule has 13 rings (SSSR count).